The average Bonchev–Trinajstić information content (AvgIpc) is 2.83. The van der Waals surface area contributed by atoms with Gasteiger partial charge in [0.2, 0.25) is 5.91 Å². The van der Waals surface area contributed by atoms with Crippen molar-refractivity contribution in [3.05, 3.63) is 65.9 Å². The molecule has 0 atom stereocenters. The van der Waals surface area contributed by atoms with Crippen molar-refractivity contribution >= 4 is 28.7 Å². The summed E-state index contributed by atoms with van der Waals surface area (Å²) in [5, 5.41) is 1.06. The molecule has 0 fully saturated rings. The zero-order valence-corrected chi connectivity index (χ0v) is 12.4. The van der Waals surface area contributed by atoms with E-state index in [2.05, 4.69) is 4.99 Å². The van der Waals surface area contributed by atoms with Crippen LogP contribution in [0.15, 0.2) is 59.7 Å². The lowest BCUT2D eigenvalue weighted by atomic mass is 10.2. The van der Waals surface area contributed by atoms with E-state index in [0.717, 1.165) is 22.2 Å². The van der Waals surface area contributed by atoms with Crippen molar-refractivity contribution < 1.29 is 4.79 Å². The maximum Gasteiger partial charge on any atom is 0.237 e. The Morgan fingerprint density at radius 3 is 2.82 bits per heavy atom. The van der Waals surface area contributed by atoms with Crippen LogP contribution in [-0.4, -0.2) is 16.7 Å². The first-order chi connectivity index (χ1) is 10.6. The fraction of sp³-hybridized carbons (Fsp3) is 0.111. The number of nitrogens with zero attached hydrogens (tertiary/aromatic N) is 2. The lowest BCUT2D eigenvalue weighted by Gasteiger charge is -2.00. The summed E-state index contributed by atoms with van der Waals surface area (Å²) >= 11 is 0. The second kappa shape index (κ2) is 5.85. The summed E-state index contributed by atoms with van der Waals surface area (Å²) in [6.45, 7) is 2.20. The van der Waals surface area contributed by atoms with Crippen molar-refractivity contribution in [2.75, 3.05) is 0 Å². The van der Waals surface area contributed by atoms with Gasteiger partial charge in [-0.3, -0.25) is 9.79 Å². The molecule has 1 heterocycles. The zero-order valence-electron chi connectivity index (χ0n) is 12.4. The maximum atomic E-state index is 11.2. The van der Waals surface area contributed by atoms with Crippen LogP contribution >= 0.6 is 0 Å². The molecule has 1 amide bonds. The molecule has 0 saturated carbocycles. The fourth-order valence-electron chi connectivity index (χ4n) is 2.53. The Labute approximate surface area is 128 Å². The molecule has 3 rings (SSSR count). The molecule has 4 nitrogen and oxygen atoms in total. The van der Waals surface area contributed by atoms with Crippen molar-refractivity contribution in [1.82, 2.24) is 4.57 Å². The van der Waals surface area contributed by atoms with Crippen molar-refractivity contribution in [2.45, 2.75) is 13.5 Å². The fourth-order valence-corrected chi connectivity index (χ4v) is 2.53. The third kappa shape index (κ3) is 2.91. The standard InChI is InChI=1S/C18H17N3O/c1-13-5-4-6-15(9-13)20-10-14-11-21(12-18(19)22)17-8-3-2-7-16(14)17/h2-11H,12H2,1H3,(H2,19,22). The van der Waals surface area contributed by atoms with Crippen LogP contribution in [0, 0.1) is 6.92 Å². The molecule has 0 spiro atoms. The number of fused-ring (bicyclic) bond motifs is 1. The molecule has 1 aromatic heterocycles. The zero-order chi connectivity index (χ0) is 15.5. The van der Waals surface area contributed by atoms with Gasteiger partial charge in [-0.1, -0.05) is 30.3 Å². The number of para-hydroxylation sites is 1. The Kier molecular flexibility index (Phi) is 3.74. The molecule has 110 valence electrons. The monoisotopic (exact) mass is 291 g/mol. The second-order valence-electron chi connectivity index (χ2n) is 5.29. The van der Waals surface area contributed by atoms with Gasteiger partial charge in [0.05, 0.1) is 5.69 Å². The Hall–Kier alpha value is -2.88. The normalized spacial score (nSPS) is 11.3. The Morgan fingerprint density at radius 1 is 1.23 bits per heavy atom. The van der Waals surface area contributed by atoms with Gasteiger partial charge in [0.15, 0.2) is 0 Å². The highest BCUT2D eigenvalue weighted by atomic mass is 16.1. The average molecular weight is 291 g/mol. The number of aryl methyl sites for hydroxylation is 1. The van der Waals surface area contributed by atoms with Crippen LogP contribution in [0.1, 0.15) is 11.1 Å². The van der Waals surface area contributed by atoms with E-state index in [9.17, 15) is 4.79 Å². The van der Waals surface area contributed by atoms with Gasteiger partial charge in [-0.05, 0) is 30.7 Å². The lowest BCUT2D eigenvalue weighted by molar-refractivity contribution is -0.118. The van der Waals surface area contributed by atoms with Gasteiger partial charge in [0, 0.05) is 28.9 Å². The number of aromatic nitrogens is 1. The van der Waals surface area contributed by atoms with Gasteiger partial charge in [-0.15, -0.1) is 0 Å². The summed E-state index contributed by atoms with van der Waals surface area (Å²) in [5.41, 5.74) is 9.34. The summed E-state index contributed by atoms with van der Waals surface area (Å²) in [7, 11) is 0. The van der Waals surface area contributed by atoms with E-state index in [0.29, 0.717) is 0 Å². The number of primary amides is 1. The molecule has 4 heteroatoms. The van der Waals surface area contributed by atoms with E-state index >= 15 is 0 Å². The molecule has 0 saturated heterocycles. The van der Waals surface area contributed by atoms with E-state index in [1.54, 1.807) is 0 Å². The highest BCUT2D eigenvalue weighted by molar-refractivity contribution is 6.00. The quantitative estimate of drug-likeness (QED) is 0.737. The van der Waals surface area contributed by atoms with Crippen LogP contribution in [0.3, 0.4) is 0 Å². The van der Waals surface area contributed by atoms with E-state index in [1.807, 2.05) is 72.4 Å². The molecule has 2 aromatic carbocycles. The van der Waals surface area contributed by atoms with Crippen molar-refractivity contribution in [3.63, 3.8) is 0 Å². The maximum absolute atomic E-state index is 11.2. The minimum absolute atomic E-state index is 0.165. The van der Waals surface area contributed by atoms with Crippen LogP contribution in [-0.2, 0) is 11.3 Å². The number of carbonyl (C=O) groups is 1. The van der Waals surface area contributed by atoms with Gasteiger partial charge >= 0.3 is 0 Å². The lowest BCUT2D eigenvalue weighted by Crippen LogP contribution is -2.17. The van der Waals surface area contributed by atoms with E-state index in [1.165, 1.54) is 5.56 Å². The summed E-state index contributed by atoms with van der Waals surface area (Å²) in [6, 6.07) is 15.9. The van der Waals surface area contributed by atoms with Crippen molar-refractivity contribution in [3.8, 4) is 0 Å². The number of rotatable bonds is 4. The van der Waals surface area contributed by atoms with Crippen LogP contribution < -0.4 is 5.73 Å². The van der Waals surface area contributed by atoms with Crippen LogP contribution in [0.2, 0.25) is 0 Å². The smallest absolute Gasteiger partial charge is 0.237 e. The third-order valence-electron chi connectivity index (χ3n) is 3.50. The van der Waals surface area contributed by atoms with Crippen molar-refractivity contribution in [1.29, 1.82) is 0 Å². The Bertz CT molecular complexity index is 862. The van der Waals surface area contributed by atoms with Crippen LogP contribution in [0.5, 0.6) is 0 Å². The Balaban J connectivity index is 2.02. The van der Waals surface area contributed by atoms with E-state index in [4.69, 9.17) is 5.73 Å². The molecular weight excluding hydrogens is 274 g/mol. The Morgan fingerprint density at radius 2 is 2.05 bits per heavy atom. The minimum atomic E-state index is -0.358. The van der Waals surface area contributed by atoms with E-state index in [-0.39, 0.29) is 12.5 Å². The predicted molar refractivity (Wildman–Crippen MR) is 89.6 cm³/mol. The number of benzene rings is 2. The number of hydrogen-bond acceptors (Lipinski definition) is 2. The molecule has 0 radical (unpaired) electrons. The van der Waals surface area contributed by atoms with E-state index < -0.39 is 0 Å². The van der Waals surface area contributed by atoms with Gasteiger partial charge in [-0.2, -0.15) is 0 Å². The van der Waals surface area contributed by atoms with Crippen LogP contribution in [0.25, 0.3) is 10.9 Å². The largest absolute Gasteiger partial charge is 0.368 e. The molecule has 3 aromatic rings. The molecule has 0 unspecified atom stereocenters. The van der Waals surface area contributed by atoms with Gasteiger partial charge in [0.1, 0.15) is 6.54 Å². The first-order valence-electron chi connectivity index (χ1n) is 7.10. The van der Waals surface area contributed by atoms with Gasteiger partial charge in [0.25, 0.3) is 0 Å². The highest BCUT2D eigenvalue weighted by Gasteiger charge is 2.07. The first-order valence-corrected chi connectivity index (χ1v) is 7.10. The third-order valence-corrected chi connectivity index (χ3v) is 3.50. The number of nitrogens with two attached hydrogens (primary N) is 1. The number of hydrogen-bond donors (Lipinski definition) is 1. The number of amides is 1. The molecule has 22 heavy (non-hydrogen) atoms. The van der Waals surface area contributed by atoms with Gasteiger partial charge in [-0.25, -0.2) is 0 Å². The summed E-state index contributed by atoms with van der Waals surface area (Å²) in [4.78, 5) is 15.7. The molecule has 0 aliphatic rings. The number of aliphatic imine (C=N–C) groups is 1. The SMILES string of the molecule is Cc1cccc(N=Cc2cn(CC(N)=O)c3ccccc23)c1. The minimum Gasteiger partial charge on any atom is -0.368 e. The molecular formula is C18H17N3O. The first kappa shape index (κ1) is 14.1. The summed E-state index contributed by atoms with van der Waals surface area (Å²) in [6.07, 6.45) is 3.74. The topological polar surface area (TPSA) is 60.4 Å². The molecule has 0 aliphatic carbocycles. The number of carbonyl (C=O) groups excluding carboxylic acids is 1. The second-order valence-corrected chi connectivity index (χ2v) is 5.29. The van der Waals surface area contributed by atoms with Crippen molar-refractivity contribution in [2.24, 2.45) is 10.7 Å². The molecule has 2 N–H and O–H groups in total. The predicted octanol–water partition coefficient (Wildman–Crippen LogP) is 3.19. The summed E-state index contributed by atoms with van der Waals surface area (Å²) < 4.78 is 1.86. The molecule has 0 bridgehead atoms. The highest BCUT2D eigenvalue weighted by Crippen LogP contribution is 2.21. The van der Waals surface area contributed by atoms with Gasteiger partial charge < -0.3 is 10.3 Å². The summed E-state index contributed by atoms with van der Waals surface area (Å²) in [5.74, 6) is -0.358. The molecule has 0 aliphatic heterocycles. The van der Waals surface area contributed by atoms with Crippen LogP contribution in [0.4, 0.5) is 5.69 Å².